The Kier molecular flexibility index (Phi) is 3.02. The van der Waals surface area contributed by atoms with Crippen LogP contribution in [0.4, 0.5) is 0 Å². The Morgan fingerprint density at radius 1 is 1.40 bits per heavy atom. The fourth-order valence-electron chi connectivity index (χ4n) is 1.98. The Hall–Kier alpha value is -1.35. The highest BCUT2D eigenvalue weighted by Gasteiger charge is 2.28. The predicted molar refractivity (Wildman–Crippen MR) is 58.8 cm³/mol. The van der Waals surface area contributed by atoms with Gasteiger partial charge in [0.15, 0.2) is 0 Å². The zero-order valence-electron chi connectivity index (χ0n) is 8.60. The van der Waals surface area contributed by atoms with E-state index >= 15 is 0 Å². The summed E-state index contributed by atoms with van der Waals surface area (Å²) in [7, 11) is 0. The number of nitrogens with two attached hydrogens (primary N) is 1. The van der Waals surface area contributed by atoms with E-state index in [-0.39, 0.29) is 11.9 Å². The van der Waals surface area contributed by atoms with E-state index in [1.54, 1.807) is 0 Å². The van der Waals surface area contributed by atoms with Crippen molar-refractivity contribution in [3.63, 3.8) is 0 Å². The fraction of sp³-hybridized carbons (Fsp3) is 0.333. The Labute approximate surface area is 89.9 Å². The maximum Gasteiger partial charge on any atom is 0.235 e. The molecule has 3 heteroatoms. The highest BCUT2D eigenvalue weighted by atomic mass is 16.1. The summed E-state index contributed by atoms with van der Waals surface area (Å²) < 4.78 is 0. The first-order valence-corrected chi connectivity index (χ1v) is 5.18. The smallest absolute Gasteiger partial charge is 0.235 e. The first kappa shape index (κ1) is 10.2. The lowest BCUT2D eigenvalue weighted by Gasteiger charge is -2.21. The van der Waals surface area contributed by atoms with Gasteiger partial charge >= 0.3 is 0 Å². The van der Waals surface area contributed by atoms with Gasteiger partial charge in [-0.3, -0.25) is 9.69 Å². The van der Waals surface area contributed by atoms with E-state index in [4.69, 9.17) is 5.73 Å². The quantitative estimate of drug-likeness (QED) is 0.795. The second kappa shape index (κ2) is 4.45. The Bertz CT molecular complexity index is 337. The van der Waals surface area contributed by atoms with Crippen molar-refractivity contribution in [2.24, 2.45) is 5.73 Å². The van der Waals surface area contributed by atoms with Gasteiger partial charge in [0.05, 0.1) is 6.04 Å². The average molecular weight is 203 g/mol. The zero-order valence-corrected chi connectivity index (χ0v) is 8.60. The molecule has 1 aromatic rings. The molecule has 1 atom stereocenters. The summed E-state index contributed by atoms with van der Waals surface area (Å²) in [5.74, 6) is -0.247. The van der Waals surface area contributed by atoms with Crippen molar-refractivity contribution >= 4 is 5.91 Å². The summed E-state index contributed by atoms with van der Waals surface area (Å²) in [6.45, 7) is 1.72. The number of benzene rings is 1. The number of likely N-dealkylation sites (tertiary alicyclic amines) is 1. The van der Waals surface area contributed by atoms with Crippen LogP contribution in [-0.2, 0) is 11.3 Å². The first-order valence-electron chi connectivity index (χ1n) is 5.18. The number of rotatable bonds is 3. The second-order valence-electron chi connectivity index (χ2n) is 3.83. The van der Waals surface area contributed by atoms with Crippen molar-refractivity contribution in [1.29, 1.82) is 0 Å². The van der Waals surface area contributed by atoms with Gasteiger partial charge < -0.3 is 5.73 Å². The standard InChI is InChI=1S/C12H15N2O/c13-12(15)11-7-4-8-14(11)9-10-5-2-1-3-6-10/h1-3,5-7,11H,4,8-9H2,(H2,13,15). The molecule has 3 nitrogen and oxygen atoms in total. The molecule has 0 aliphatic carbocycles. The number of hydrogen-bond acceptors (Lipinski definition) is 2. The summed E-state index contributed by atoms with van der Waals surface area (Å²) in [5, 5.41) is 0. The highest BCUT2D eigenvalue weighted by molar-refractivity contribution is 5.81. The Balaban J connectivity index is 2.03. The number of carbonyl (C=O) groups is 1. The van der Waals surface area contributed by atoms with Gasteiger partial charge in [0.1, 0.15) is 0 Å². The van der Waals surface area contributed by atoms with Crippen molar-refractivity contribution in [3.05, 3.63) is 42.3 Å². The molecule has 1 radical (unpaired) electrons. The van der Waals surface area contributed by atoms with Crippen molar-refractivity contribution in [2.45, 2.75) is 19.0 Å². The van der Waals surface area contributed by atoms with Gasteiger partial charge in [-0.15, -0.1) is 0 Å². The van der Waals surface area contributed by atoms with Crippen LogP contribution in [0.2, 0.25) is 0 Å². The molecule has 1 saturated heterocycles. The molecule has 1 fully saturated rings. The first-order chi connectivity index (χ1) is 7.27. The molecule has 1 unspecified atom stereocenters. The van der Waals surface area contributed by atoms with Gasteiger partial charge in [0.25, 0.3) is 0 Å². The lowest BCUT2D eigenvalue weighted by molar-refractivity contribution is -0.121. The third-order valence-corrected chi connectivity index (χ3v) is 2.72. The van der Waals surface area contributed by atoms with E-state index in [9.17, 15) is 4.79 Å². The van der Waals surface area contributed by atoms with Crippen LogP contribution < -0.4 is 5.73 Å². The molecule has 2 rings (SSSR count). The van der Waals surface area contributed by atoms with Gasteiger partial charge in [0.2, 0.25) is 5.91 Å². The van der Waals surface area contributed by atoms with Crippen LogP contribution in [0, 0.1) is 6.42 Å². The van der Waals surface area contributed by atoms with Crippen LogP contribution in [0.15, 0.2) is 30.3 Å². The van der Waals surface area contributed by atoms with Gasteiger partial charge in [0, 0.05) is 6.54 Å². The molecule has 0 saturated carbocycles. The predicted octanol–water partition coefficient (Wildman–Crippen LogP) is 0.950. The third kappa shape index (κ3) is 2.36. The van der Waals surface area contributed by atoms with Crippen LogP contribution in [-0.4, -0.2) is 23.4 Å². The summed E-state index contributed by atoms with van der Waals surface area (Å²) in [4.78, 5) is 13.3. The maximum absolute atomic E-state index is 11.2. The molecular formula is C12H15N2O. The van der Waals surface area contributed by atoms with Crippen LogP contribution in [0.25, 0.3) is 0 Å². The van der Waals surface area contributed by atoms with Crippen LogP contribution in [0.5, 0.6) is 0 Å². The molecule has 1 aliphatic heterocycles. The molecule has 1 heterocycles. The number of nitrogens with zero attached hydrogens (tertiary/aromatic N) is 1. The molecule has 0 spiro atoms. The highest BCUT2D eigenvalue weighted by Crippen LogP contribution is 2.18. The van der Waals surface area contributed by atoms with Gasteiger partial charge in [-0.25, -0.2) is 0 Å². The molecule has 79 valence electrons. The number of amides is 1. The molecule has 0 bridgehead atoms. The van der Waals surface area contributed by atoms with E-state index in [1.807, 2.05) is 24.6 Å². The zero-order chi connectivity index (χ0) is 10.7. The minimum absolute atomic E-state index is 0.190. The molecule has 0 aromatic heterocycles. The van der Waals surface area contributed by atoms with Gasteiger partial charge in [-0.2, -0.15) is 0 Å². The van der Waals surface area contributed by atoms with Crippen LogP contribution in [0.1, 0.15) is 12.0 Å². The molecule has 15 heavy (non-hydrogen) atoms. The summed E-state index contributed by atoms with van der Waals surface area (Å²) in [6.07, 6.45) is 2.94. The largest absolute Gasteiger partial charge is 0.368 e. The summed E-state index contributed by atoms with van der Waals surface area (Å²) in [6, 6.07) is 9.95. The van der Waals surface area contributed by atoms with Crippen LogP contribution in [0.3, 0.4) is 0 Å². The summed E-state index contributed by atoms with van der Waals surface area (Å²) >= 11 is 0. The normalized spacial score (nSPS) is 21.7. The third-order valence-electron chi connectivity index (χ3n) is 2.72. The van der Waals surface area contributed by atoms with Crippen molar-refractivity contribution in [2.75, 3.05) is 6.54 Å². The Morgan fingerprint density at radius 2 is 2.13 bits per heavy atom. The summed E-state index contributed by atoms with van der Waals surface area (Å²) in [5.41, 5.74) is 6.55. The molecular weight excluding hydrogens is 188 g/mol. The van der Waals surface area contributed by atoms with Crippen molar-refractivity contribution in [1.82, 2.24) is 4.90 Å². The lowest BCUT2D eigenvalue weighted by atomic mass is 10.2. The monoisotopic (exact) mass is 203 g/mol. The minimum Gasteiger partial charge on any atom is -0.368 e. The van der Waals surface area contributed by atoms with E-state index in [1.165, 1.54) is 5.56 Å². The maximum atomic E-state index is 11.2. The molecule has 1 aromatic carbocycles. The van der Waals surface area contributed by atoms with E-state index < -0.39 is 0 Å². The second-order valence-corrected chi connectivity index (χ2v) is 3.83. The van der Waals surface area contributed by atoms with E-state index in [2.05, 4.69) is 17.0 Å². The van der Waals surface area contributed by atoms with Gasteiger partial charge in [-0.05, 0) is 24.9 Å². The van der Waals surface area contributed by atoms with E-state index in [0.29, 0.717) is 0 Å². The van der Waals surface area contributed by atoms with Gasteiger partial charge in [-0.1, -0.05) is 30.3 Å². The SMILES string of the molecule is NC(=O)C1[CH]CCN1Cc1ccccc1. The topological polar surface area (TPSA) is 46.3 Å². The lowest BCUT2D eigenvalue weighted by Crippen LogP contribution is -2.39. The number of primary amides is 1. The number of hydrogen-bond donors (Lipinski definition) is 1. The molecule has 2 N–H and O–H groups in total. The number of carbonyl (C=O) groups excluding carboxylic acids is 1. The van der Waals surface area contributed by atoms with Crippen molar-refractivity contribution < 1.29 is 4.79 Å². The average Bonchev–Trinajstić information content (AvgIpc) is 2.67. The van der Waals surface area contributed by atoms with E-state index in [0.717, 1.165) is 19.5 Å². The minimum atomic E-state index is -0.247. The van der Waals surface area contributed by atoms with Crippen LogP contribution >= 0.6 is 0 Å². The van der Waals surface area contributed by atoms with Crippen molar-refractivity contribution in [3.8, 4) is 0 Å². The molecule has 1 aliphatic rings. The fourth-order valence-corrected chi connectivity index (χ4v) is 1.98. The Morgan fingerprint density at radius 3 is 2.80 bits per heavy atom. The molecule has 1 amide bonds.